The Morgan fingerprint density at radius 3 is 2.37 bits per heavy atom. The summed E-state index contributed by atoms with van der Waals surface area (Å²) >= 11 is 1.60. The highest BCUT2D eigenvalue weighted by Gasteiger charge is 2.23. The summed E-state index contributed by atoms with van der Waals surface area (Å²) < 4.78 is 13.1. The molecule has 2 aliphatic heterocycles. The van der Waals surface area contributed by atoms with Gasteiger partial charge in [0.2, 0.25) is 5.91 Å². The number of carbonyl (C=O) groups is 1. The molecule has 0 bridgehead atoms. The van der Waals surface area contributed by atoms with E-state index in [0.717, 1.165) is 74.9 Å². The molecule has 7 heteroatoms. The Morgan fingerprint density at radius 2 is 1.67 bits per heavy atom. The zero-order valence-corrected chi connectivity index (χ0v) is 16.3. The van der Waals surface area contributed by atoms with Crippen LogP contribution in [0.25, 0.3) is 10.6 Å². The van der Waals surface area contributed by atoms with Gasteiger partial charge in [-0.05, 0) is 37.1 Å². The molecule has 0 spiro atoms. The molecule has 0 radical (unpaired) electrons. The first-order chi connectivity index (χ1) is 13.2. The Kier molecular flexibility index (Phi) is 5.80. The van der Waals surface area contributed by atoms with E-state index in [2.05, 4.69) is 15.2 Å². The van der Waals surface area contributed by atoms with Gasteiger partial charge in [0, 0.05) is 56.8 Å². The van der Waals surface area contributed by atoms with Gasteiger partial charge in [0.05, 0.1) is 12.2 Å². The van der Waals surface area contributed by atoms with Crippen molar-refractivity contribution in [1.29, 1.82) is 0 Å². The zero-order chi connectivity index (χ0) is 18.6. The van der Waals surface area contributed by atoms with E-state index in [1.807, 2.05) is 4.90 Å². The second kappa shape index (κ2) is 8.46. The van der Waals surface area contributed by atoms with E-state index in [1.165, 1.54) is 12.1 Å². The topological polar surface area (TPSA) is 39.7 Å². The van der Waals surface area contributed by atoms with Crippen molar-refractivity contribution < 1.29 is 9.18 Å². The summed E-state index contributed by atoms with van der Waals surface area (Å²) in [6, 6.07) is 6.49. The number of rotatable bonds is 5. The molecule has 1 aromatic heterocycles. The number of hydrogen-bond acceptors (Lipinski definition) is 5. The summed E-state index contributed by atoms with van der Waals surface area (Å²) in [4.78, 5) is 23.6. The molecule has 5 nitrogen and oxygen atoms in total. The predicted molar refractivity (Wildman–Crippen MR) is 105 cm³/mol. The normalized spacial score (nSPS) is 18.9. The smallest absolute Gasteiger partial charge is 0.236 e. The minimum absolute atomic E-state index is 0.225. The number of carbonyl (C=O) groups excluding carboxylic acids is 1. The SMILES string of the molecule is O=C(CN1CCN(Cc2csc(-c3ccc(F)cc3)n2)CC1)N1CCCC1. The molecular formula is C20H25FN4OS. The molecule has 4 rings (SSSR count). The van der Waals surface area contributed by atoms with Crippen molar-refractivity contribution in [1.82, 2.24) is 19.7 Å². The fraction of sp³-hybridized carbons (Fsp3) is 0.500. The van der Waals surface area contributed by atoms with Crippen LogP contribution in [0.5, 0.6) is 0 Å². The van der Waals surface area contributed by atoms with Gasteiger partial charge in [-0.25, -0.2) is 9.37 Å². The number of aromatic nitrogens is 1. The van der Waals surface area contributed by atoms with Crippen molar-refractivity contribution in [3.63, 3.8) is 0 Å². The number of benzene rings is 1. The Hall–Kier alpha value is -1.83. The van der Waals surface area contributed by atoms with Crippen molar-refractivity contribution >= 4 is 17.2 Å². The second-order valence-electron chi connectivity index (χ2n) is 7.29. The third-order valence-electron chi connectivity index (χ3n) is 5.31. The molecule has 144 valence electrons. The second-order valence-corrected chi connectivity index (χ2v) is 8.15. The van der Waals surface area contributed by atoms with Crippen LogP contribution in [0.3, 0.4) is 0 Å². The van der Waals surface area contributed by atoms with Crippen LogP contribution in [0.1, 0.15) is 18.5 Å². The summed E-state index contributed by atoms with van der Waals surface area (Å²) in [5, 5.41) is 3.02. The number of hydrogen-bond donors (Lipinski definition) is 0. The van der Waals surface area contributed by atoms with Crippen molar-refractivity contribution in [2.75, 3.05) is 45.8 Å². The first-order valence-corrected chi connectivity index (χ1v) is 10.5. The van der Waals surface area contributed by atoms with Crippen LogP contribution in [0, 0.1) is 5.82 Å². The maximum absolute atomic E-state index is 13.1. The van der Waals surface area contributed by atoms with E-state index in [1.54, 1.807) is 23.5 Å². The number of thiazole rings is 1. The van der Waals surface area contributed by atoms with E-state index < -0.39 is 0 Å². The molecule has 27 heavy (non-hydrogen) atoms. The predicted octanol–water partition coefficient (Wildman–Crippen LogP) is 2.69. The lowest BCUT2D eigenvalue weighted by molar-refractivity contribution is -0.131. The van der Waals surface area contributed by atoms with Gasteiger partial charge in [0.15, 0.2) is 0 Å². The van der Waals surface area contributed by atoms with Gasteiger partial charge in [-0.3, -0.25) is 14.6 Å². The number of amides is 1. The molecule has 2 aromatic rings. The highest BCUT2D eigenvalue weighted by atomic mass is 32.1. The monoisotopic (exact) mass is 388 g/mol. The Labute approximate surface area is 163 Å². The Balaban J connectivity index is 1.26. The zero-order valence-electron chi connectivity index (χ0n) is 15.4. The first kappa shape index (κ1) is 18.5. The first-order valence-electron chi connectivity index (χ1n) is 9.60. The number of likely N-dealkylation sites (tertiary alicyclic amines) is 1. The molecule has 2 fully saturated rings. The highest BCUT2D eigenvalue weighted by molar-refractivity contribution is 7.13. The van der Waals surface area contributed by atoms with Crippen LogP contribution in [0.2, 0.25) is 0 Å². The Bertz CT molecular complexity index is 765. The van der Waals surface area contributed by atoms with Crippen molar-refractivity contribution in [3.8, 4) is 10.6 Å². The van der Waals surface area contributed by atoms with Crippen molar-refractivity contribution in [2.24, 2.45) is 0 Å². The lowest BCUT2D eigenvalue weighted by Crippen LogP contribution is -2.49. The lowest BCUT2D eigenvalue weighted by atomic mass is 10.2. The maximum atomic E-state index is 13.1. The molecule has 2 aliphatic rings. The molecule has 0 N–H and O–H groups in total. The van der Waals surface area contributed by atoms with Gasteiger partial charge in [0.1, 0.15) is 10.8 Å². The van der Waals surface area contributed by atoms with Crippen LogP contribution < -0.4 is 0 Å². The van der Waals surface area contributed by atoms with E-state index >= 15 is 0 Å². The summed E-state index contributed by atoms with van der Waals surface area (Å²) in [6.07, 6.45) is 2.29. The molecular weight excluding hydrogens is 363 g/mol. The Morgan fingerprint density at radius 1 is 1.00 bits per heavy atom. The van der Waals surface area contributed by atoms with Gasteiger partial charge >= 0.3 is 0 Å². The fourth-order valence-electron chi connectivity index (χ4n) is 3.70. The average molecular weight is 389 g/mol. The third-order valence-corrected chi connectivity index (χ3v) is 6.25. The minimum atomic E-state index is -0.225. The van der Waals surface area contributed by atoms with Crippen molar-refractivity contribution in [2.45, 2.75) is 19.4 Å². The van der Waals surface area contributed by atoms with Crippen molar-refractivity contribution in [3.05, 3.63) is 41.2 Å². The molecule has 1 amide bonds. The molecule has 0 aliphatic carbocycles. The molecule has 2 saturated heterocycles. The number of halogens is 1. The van der Waals surface area contributed by atoms with Gasteiger partial charge in [-0.15, -0.1) is 11.3 Å². The van der Waals surface area contributed by atoms with Crippen LogP contribution >= 0.6 is 11.3 Å². The number of piperazine rings is 1. The van der Waals surface area contributed by atoms with Gasteiger partial charge < -0.3 is 4.90 Å². The van der Waals surface area contributed by atoms with Gasteiger partial charge in [-0.1, -0.05) is 0 Å². The quantitative estimate of drug-likeness (QED) is 0.790. The summed E-state index contributed by atoms with van der Waals surface area (Å²) in [6.45, 7) is 7.00. The van der Waals surface area contributed by atoms with Crippen LogP contribution in [0.4, 0.5) is 4.39 Å². The van der Waals surface area contributed by atoms with Crippen LogP contribution in [-0.4, -0.2) is 71.4 Å². The van der Waals surface area contributed by atoms with E-state index in [-0.39, 0.29) is 11.7 Å². The maximum Gasteiger partial charge on any atom is 0.236 e. The third kappa shape index (κ3) is 4.72. The molecule has 0 saturated carbocycles. The average Bonchev–Trinajstić information content (AvgIpc) is 3.36. The molecule has 0 unspecified atom stereocenters. The van der Waals surface area contributed by atoms with E-state index in [0.29, 0.717) is 6.54 Å². The van der Waals surface area contributed by atoms with E-state index in [9.17, 15) is 9.18 Å². The minimum Gasteiger partial charge on any atom is -0.342 e. The summed E-state index contributed by atoms with van der Waals surface area (Å²) in [7, 11) is 0. The largest absolute Gasteiger partial charge is 0.342 e. The summed E-state index contributed by atoms with van der Waals surface area (Å²) in [5.74, 6) is 0.0565. The van der Waals surface area contributed by atoms with Gasteiger partial charge in [-0.2, -0.15) is 0 Å². The number of nitrogens with zero attached hydrogens (tertiary/aromatic N) is 4. The standard InChI is InChI=1S/C20H25FN4OS/c21-17-5-3-16(4-6-17)20-22-18(15-27-20)13-23-9-11-24(12-10-23)14-19(26)25-7-1-2-8-25/h3-6,15H,1-2,7-14H2. The van der Waals surface area contributed by atoms with Gasteiger partial charge in [0.25, 0.3) is 0 Å². The molecule has 0 atom stereocenters. The van der Waals surface area contributed by atoms with Crippen LogP contribution in [-0.2, 0) is 11.3 Å². The van der Waals surface area contributed by atoms with Crippen LogP contribution in [0.15, 0.2) is 29.6 Å². The molecule has 3 heterocycles. The highest BCUT2D eigenvalue weighted by Crippen LogP contribution is 2.24. The fourth-order valence-corrected chi connectivity index (χ4v) is 4.51. The molecule has 1 aromatic carbocycles. The van der Waals surface area contributed by atoms with E-state index in [4.69, 9.17) is 4.98 Å². The summed E-state index contributed by atoms with van der Waals surface area (Å²) in [5.41, 5.74) is 2.01. The lowest BCUT2D eigenvalue weighted by Gasteiger charge is -2.34.